The highest BCUT2D eigenvalue weighted by Crippen LogP contribution is 2.24. The summed E-state index contributed by atoms with van der Waals surface area (Å²) in [5, 5.41) is 4.37. The van der Waals surface area contributed by atoms with E-state index < -0.39 is 0 Å². The number of imidazole rings is 1. The zero-order valence-electron chi connectivity index (χ0n) is 18.8. The lowest BCUT2D eigenvalue weighted by Gasteiger charge is -2.31. The van der Waals surface area contributed by atoms with Gasteiger partial charge in [-0.2, -0.15) is 0 Å². The van der Waals surface area contributed by atoms with Crippen molar-refractivity contribution in [2.75, 3.05) is 18.4 Å². The molecule has 1 aromatic heterocycles. The molecule has 0 saturated carbocycles. The van der Waals surface area contributed by atoms with Crippen molar-refractivity contribution in [1.82, 2.24) is 14.5 Å². The first kappa shape index (κ1) is 22.9. The van der Waals surface area contributed by atoms with Crippen LogP contribution in [0.15, 0.2) is 72.8 Å². The Morgan fingerprint density at radius 1 is 0.971 bits per heavy atom. The van der Waals surface area contributed by atoms with Crippen LogP contribution in [0.5, 0.6) is 0 Å². The van der Waals surface area contributed by atoms with Gasteiger partial charge in [0.25, 0.3) is 0 Å². The highest BCUT2D eigenvalue weighted by Gasteiger charge is 2.27. The minimum absolute atomic E-state index is 0.0432. The van der Waals surface area contributed by atoms with Crippen LogP contribution in [-0.2, 0) is 17.9 Å². The van der Waals surface area contributed by atoms with E-state index in [-0.39, 0.29) is 11.8 Å². The van der Waals surface area contributed by atoms with Crippen LogP contribution in [0, 0.1) is 5.92 Å². The number of benzene rings is 3. The van der Waals surface area contributed by atoms with E-state index in [2.05, 4.69) is 39.0 Å². The normalized spacial score (nSPS) is 16.6. The molecule has 0 bridgehead atoms. The van der Waals surface area contributed by atoms with E-state index >= 15 is 0 Å². The molecule has 1 aliphatic heterocycles. The summed E-state index contributed by atoms with van der Waals surface area (Å²) in [4.78, 5) is 20.2. The zero-order valence-corrected chi connectivity index (χ0v) is 20.3. The monoisotopic (exact) mass is 492 g/mol. The highest BCUT2D eigenvalue weighted by molar-refractivity contribution is 6.31. The highest BCUT2D eigenvalue weighted by atomic mass is 35.5. The van der Waals surface area contributed by atoms with E-state index in [9.17, 15) is 4.79 Å². The number of nitrogens with zero attached hydrogens (tertiary/aromatic N) is 3. The number of anilines is 1. The van der Waals surface area contributed by atoms with Crippen molar-refractivity contribution in [3.8, 4) is 0 Å². The molecule has 0 radical (unpaired) electrons. The average Bonchev–Trinajstić information content (AvgIpc) is 3.17. The fourth-order valence-corrected chi connectivity index (χ4v) is 4.93. The molecule has 1 aliphatic rings. The van der Waals surface area contributed by atoms with Gasteiger partial charge in [0.2, 0.25) is 5.91 Å². The molecule has 0 spiro atoms. The minimum Gasteiger partial charge on any atom is -0.326 e. The molecule has 0 aliphatic carbocycles. The van der Waals surface area contributed by atoms with E-state index in [1.807, 2.05) is 36.4 Å². The summed E-state index contributed by atoms with van der Waals surface area (Å²) in [5.74, 6) is 0.982. The van der Waals surface area contributed by atoms with E-state index in [4.69, 9.17) is 28.2 Å². The van der Waals surface area contributed by atoms with Crippen LogP contribution in [0.1, 0.15) is 24.2 Å². The SMILES string of the molecule is O=C(Nc1cccc(Cl)c1)[C@H]1CCCN(Cc2nc3ccccc3n2Cc2ccc(Cl)cc2)C1. The molecule has 5 rings (SSSR count). The Kier molecular flexibility index (Phi) is 6.86. The van der Waals surface area contributed by atoms with E-state index in [1.165, 1.54) is 5.56 Å². The van der Waals surface area contributed by atoms with Gasteiger partial charge >= 0.3 is 0 Å². The Balaban J connectivity index is 1.33. The molecule has 0 unspecified atom stereocenters. The summed E-state index contributed by atoms with van der Waals surface area (Å²) in [5.41, 5.74) is 4.00. The Morgan fingerprint density at radius 3 is 2.62 bits per heavy atom. The van der Waals surface area contributed by atoms with Gasteiger partial charge in [-0.05, 0) is 67.4 Å². The van der Waals surface area contributed by atoms with Gasteiger partial charge in [-0.15, -0.1) is 0 Å². The van der Waals surface area contributed by atoms with Crippen molar-refractivity contribution in [3.63, 3.8) is 0 Å². The predicted molar refractivity (Wildman–Crippen MR) is 138 cm³/mol. The van der Waals surface area contributed by atoms with Crippen molar-refractivity contribution in [1.29, 1.82) is 0 Å². The summed E-state index contributed by atoms with van der Waals surface area (Å²) in [6, 6.07) is 23.5. The second-order valence-corrected chi connectivity index (χ2v) is 9.68. The summed E-state index contributed by atoms with van der Waals surface area (Å²) in [7, 11) is 0. The standard InChI is InChI=1S/C27H26Cl2N4O/c28-21-12-10-19(11-13-21)16-33-25-9-2-1-8-24(25)31-26(33)18-32-14-4-5-20(17-32)27(34)30-23-7-3-6-22(29)15-23/h1-3,6-13,15,20H,4-5,14,16-18H2,(H,30,34)/t20-/m0/s1. The fraction of sp³-hybridized carbons (Fsp3) is 0.259. The third-order valence-electron chi connectivity index (χ3n) is 6.32. The van der Waals surface area contributed by atoms with Crippen molar-refractivity contribution in [2.45, 2.75) is 25.9 Å². The van der Waals surface area contributed by atoms with Gasteiger partial charge in [-0.25, -0.2) is 4.98 Å². The molecule has 3 aromatic carbocycles. The largest absolute Gasteiger partial charge is 0.326 e. The number of aromatic nitrogens is 2. The lowest BCUT2D eigenvalue weighted by molar-refractivity contribution is -0.121. The molecule has 1 fully saturated rings. The second-order valence-electron chi connectivity index (χ2n) is 8.80. The number of carbonyl (C=O) groups excluding carboxylic acids is 1. The molecule has 2 heterocycles. The number of halogens is 2. The van der Waals surface area contributed by atoms with Gasteiger partial charge in [-0.3, -0.25) is 9.69 Å². The number of likely N-dealkylation sites (tertiary alicyclic amines) is 1. The smallest absolute Gasteiger partial charge is 0.228 e. The van der Waals surface area contributed by atoms with Crippen LogP contribution in [0.3, 0.4) is 0 Å². The molecule has 1 atom stereocenters. The molecule has 1 amide bonds. The average molecular weight is 493 g/mol. The summed E-state index contributed by atoms with van der Waals surface area (Å²) < 4.78 is 2.27. The molecular weight excluding hydrogens is 467 g/mol. The number of amides is 1. The molecule has 1 N–H and O–H groups in total. The van der Waals surface area contributed by atoms with Crippen LogP contribution in [0.25, 0.3) is 11.0 Å². The van der Waals surface area contributed by atoms with E-state index in [0.29, 0.717) is 18.1 Å². The third kappa shape index (κ3) is 5.27. The number of rotatable bonds is 6. The second kappa shape index (κ2) is 10.2. The maximum atomic E-state index is 12.9. The Labute approximate surface area is 209 Å². The molecule has 7 heteroatoms. The summed E-state index contributed by atoms with van der Waals surface area (Å²) in [6.07, 6.45) is 1.86. The minimum atomic E-state index is -0.0678. The zero-order chi connectivity index (χ0) is 23.5. The molecule has 5 nitrogen and oxygen atoms in total. The Bertz CT molecular complexity index is 1300. The maximum Gasteiger partial charge on any atom is 0.228 e. The third-order valence-corrected chi connectivity index (χ3v) is 6.81. The number of fused-ring (bicyclic) bond motifs is 1. The van der Waals surface area contributed by atoms with Gasteiger partial charge in [0, 0.05) is 28.8 Å². The molecular formula is C27H26Cl2N4O. The quantitative estimate of drug-likeness (QED) is 0.346. The topological polar surface area (TPSA) is 50.2 Å². The number of para-hydroxylation sites is 2. The first-order valence-electron chi connectivity index (χ1n) is 11.5. The van der Waals surface area contributed by atoms with Crippen molar-refractivity contribution in [3.05, 3.63) is 94.2 Å². The Hall–Kier alpha value is -2.86. The van der Waals surface area contributed by atoms with Gasteiger partial charge in [0.15, 0.2) is 0 Å². The molecule has 4 aromatic rings. The number of nitrogens with one attached hydrogen (secondary N) is 1. The van der Waals surface area contributed by atoms with E-state index in [0.717, 1.165) is 53.5 Å². The van der Waals surface area contributed by atoms with E-state index in [1.54, 1.807) is 12.1 Å². The predicted octanol–water partition coefficient (Wildman–Crippen LogP) is 6.24. The van der Waals surface area contributed by atoms with Crippen molar-refractivity contribution < 1.29 is 4.79 Å². The molecule has 1 saturated heterocycles. The lowest BCUT2D eigenvalue weighted by atomic mass is 9.97. The lowest BCUT2D eigenvalue weighted by Crippen LogP contribution is -2.40. The fourth-order valence-electron chi connectivity index (χ4n) is 4.62. The molecule has 34 heavy (non-hydrogen) atoms. The first-order chi connectivity index (χ1) is 16.5. The summed E-state index contributed by atoms with van der Waals surface area (Å²) >= 11 is 12.1. The molecule has 174 valence electrons. The van der Waals surface area contributed by atoms with Crippen LogP contribution < -0.4 is 5.32 Å². The van der Waals surface area contributed by atoms with Gasteiger partial charge in [0.1, 0.15) is 5.82 Å². The van der Waals surface area contributed by atoms with Crippen LogP contribution in [-0.4, -0.2) is 33.4 Å². The van der Waals surface area contributed by atoms with Crippen LogP contribution >= 0.6 is 23.2 Å². The Morgan fingerprint density at radius 2 is 1.79 bits per heavy atom. The number of carbonyl (C=O) groups is 1. The van der Waals surface area contributed by atoms with Gasteiger partial charge in [-0.1, -0.05) is 53.5 Å². The van der Waals surface area contributed by atoms with Gasteiger partial charge < -0.3 is 9.88 Å². The number of piperidine rings is 1. The van der Waals surface area contributed by atoms with Crippen molar-refractivity contribution in [2.24, 2.45) is 5.92 Å². The number of hydrogen-bond donors (Lipinski definition) is 1. The van der Waals surface area contributed by atoms with Crippen LogP contribution in [0.2, 0.25) is 10.0 Å². The summed E-state index contributed by atoms with van der Waals surface area (Å²) in [6.45, 7) is 3.07. The van der Waals surface area contributed by atoms with Crippen LogP contribution in [0.4, 0.5) is 5.69 Å². The van der Waals surface area contributed by atoms with Crippen molar-refractivity contribution >= 4 is 45.8 Å². The first-order valence-corrected chi connectivity index (χ1v) is 12.3. The number of hydrogen-bond acceptors (Lipinski definition) is 3. The van der Waals surface area contributed by atoms with Gasteiger partial charge in [0.05, 0.1) is 23.5 Å². The maximum absolute atomic E-state index is 12.9.